The molecule has 6 nitrogen and oxygen atoms in total. The summed E-state index contributed by atoms with van der Waals surface area (Å²) in [6.07, 6.45) is 4.89. The van der Waals surface area contributed by atoms with Crippen LogP contribution in [0.1, 0.15) is 12.5 Å². The fraction of sp³-hybridized carbons (Fsp3) is 0.308. The van der Waals surface area contributed by atoms with E-state index < -0.39 is 6.61 Å². The van der Waals surface area contributed by atoms with Gasteiger partial charge in [0.05, 0.1) is 12.8 Å². The van der Waals surface area contributed by atoms with Gasteiger partial charge in [-0.15, -0.1) is 10.2 Å². The van der Waals surface area contributed by atoms with Gasteiger partial charge in [-0.2, -0.15) is 18.6 Å². The van der Waals surface area contributed by atoms with Crippen LogP contribution in [-0.4, -0.2) is 40.6 Å². The van der Waals surface area contributed by atoms with Crippen molar-refractivity contribution in [2.75, 3.05) is 12.9 Å². The van der Waals surface area contributed by atoms with E-state index in [1.54, 1.807) is 25.3 Å². The minimum atomic E-state index is -2.90. The number of aromatic nitrogens is 3. The highest BCUT2D eigenvalue weighted by Crippen LogP contribution is 2.29. The summed E-state index contributed by atoms with van der Waals surface area (Å²) in [4.78, 5) is 0. The number of alkyl halides is 2. The highest BCUT2D eigenvalue weighted by molar-refractivity contribution is 7.98. The molecule has 2 rings (SSSR count). The van der Waals surface area contributed by atoms with Gasteiger partial charge in [0.1, 0.15) is 6.33 Å². The summed E-state index contributed by atoms with van der Waals surface area (Å²) >= 11 is 1.41. The molecule has 0 aliphatic rings. The van der Waals surface area contributed by atoms with Crippen molar-refractivity contribution in [3.8, 4) is 11.5 Å². The number of nitrogens with zero attached hydrogens (tertiary/aromatic N) is 4. The van der Waals surface area contributed by atoms with E-state index in [0.29, 0.717) is 17.3 Å². The van der Waals surface area contributed by atoms with E-state index in [1.807, 2.05) is 6.26 Å². The summed E-state index contributed by atoms with van der Waals surface area (Å²) in [5, 5.41) is 12.5. The number of thioether (sulfide) groups is 1. The lowest BCUT2D eigenvalue weighted by molar-refractivity contribution is -0.0514. The van der Waals surface area contributed by atoms with Crippen LogP contribution in [0.2, 0.25) is 0 Å². The number of hydrogen-bond donors (Lipinski definition) is 0. The first-order valence-corrected chi connectivity index (χ1v) is 7.56. The molecule has 9 heteroatoms. The summed E-state index contributed by atoms with van der Waals surface area (Å²) in [6, 6.07) is 4.60. The smallest absolute Gasteiger partial charge is 0.387 e. The Morgan fingerprint density at radius 1 is 1.41 bits per heavy atom. The van der Waals surface area contributed by atoms with E-state index in [2.05, 4.69) is 20.0 Å². The average molecular weight is 328 g/mol. The van der Waals surface area contributed by atoms with Gasteiger partial charge in [-0.25, -0.2) is 0 Å². The summed E-state index contributed by atoms with van der Waals surface area (Å²) in [6.45, 7) is -0.809. The maximum absolute atomic E-state index is 12.3. The van der Waals surface area contributed by atoms with Crippen LogP contribution in [0, 0.1) is 0 Å². The third-order valence-electron chi connectivity index (χ3n) is 2.50. The van der Waals surface area contributed by atoms with E-state index >= 15 is 0 Å². The van der Waals surface area contributed by atoms with Crippen molar-refractivity contribution in [3.05, 3.63) is 30.1 Å². The lowest BCUT2D eigenvalue weighted by atomic mass is 10.2. The average Bonchev–Trinajstić information content (AvgIpc) is 2.94. The molecule has 1 aromatic heterocycles. The zero-order valence-electron chi connectivity index (χ0n) is 11.9. The minimum absolute atomic E-state index is 0.0110. The predicted molar refractivity (Wildman–Crippen MR) is 79.0 cm³/mol. The first-order valence-electron chi connectivity index (χ1n) is 6.34. The summed E-state index contributed by atoms with van der Waals surface area (Å²) in [5.74, 6) is 0.226. The van der Waals surface area contributed by atoms with Gasteiger partial charge in [0.15, 0.2) is 11.5 Å². The van der Waals surface area contributed by atoms with Gasteiger partial charge in [-0.3, -0.25) is 0 Å². The molecule has 1 heterocycles. The molecule has 22 heavy (non-hydrogen) atoms. The van der Waals surface area contributed by atoms with Crippen LogP contribution in [0.4, 0.5) is 8.78 Å². The van der Waals surface area contributed by atoms with E-state index in [0.717, 1.165) is 0 Å². The second-order valence-corrected chi connectivity index (χ2v) is 4.70. The lowest BCUT2D eigenvalue weighted by Gasteiger charge is -2.11. The molecule has 0 saturated carbocycles. The fourth-order valence-corrected chi connectivity index (χ4v) is 2.04. The van der Waals surface area contributed by atoms with Crippen molar-refractivity contribution in [3.63, 3.8) is 0 Å². The maximum Gasteiger partial charge on any atom is 0.387 e. The molecule has 0 spiro atoms. The van der Waals surface area contributed by atoms with Gasteiger partial charge in [0.25, 0.3) is 0 Å². The molecule has 0 bridgehead atoms. The van der Waals surface area contributed by atoms with Crippen molar-refractivity contribution < 1.29 is 18.3 Å². The topological polar surface area (TPSA) is 61.5 Å². The summed E-state index contributed by atoms with van der Waals surface area (Å²) < 4.78 is 35.9. The Balaban J connectivity index is 2.22. The van der Waals surface area contributed by atoms with Crippen LogP contribution in [0.3, 0.4) is 0 Å². The minimum Gasteiger partial charge on any atom is -0.490 e. The van der Waals surface area contributed by atoms with Crippen LogP contribution in [0.25, 0.3) is 0 Å². The molecule has 0 N–H and O–H groups in total. The normalized spacial score (nSPS) is 11.3. The van der Waals surface area contributed by atoms with E-state index in [1.165, 1.54) is 28.8 Å². The Morgan fingerprint density at radius 2 is 2.23 bits per heavy atom. The van der Waals surface area contributed by atoms with Crippen molar-refractivity contribution in [2.45, 2.75) is 18.7 Å². The Hall–Kier alpha value is -2.16. The highest BCUT2D eigenvalue weighted by atomic mass is 32.2. The first-order chi connectivity index (χ1) is 10.6. The van der Waals surface area contributed by atoms with Crippen LogP contribution in [-0.2, 0) is 0 Å². The number of hydrogen-bond acceptors (Lipinski definition) is 6. The van der Waals surface area contributed by atoms with Crippen molar-refractivity contribution in [1.29, 1.82) is 0 Å². The number of benzene rings is 1. The molecular formula is C13H14F2N4O2S. The second kappa shape index (κ2) is 7.74. The SMILES string of the molecule is CCOc1cc(C=Nn2cnnc2SC)ccc1OC(F)F. The van der Waals surface area contributed by atoms with Gasteiger partial charge in [-0.05, 0) is 36.9 Å². The zero-order valence-corrected chi connectivity index (χ0v) is 12.8. The van der Waals surface area contributed by atoms with Gasteiger partial charge in [0, 0.05) is 0 Å². The summed E-state index contributed by atoms with van der Waals surface area (Å²) in [5.41, 5.74) is 0.672. The third kappa shape index (κ3) is 4.17. The maximum atomic E-state index is 12.3. The van der Waals surface area contributed by atoms with E-state index in [-0.39, 0.29) is 11.5 Å². The van der Waals surface area contributed by atoms with Crippen LogP contribution in [0.5, 0.6) is 11.5 Å². The highest BCUT2D eigenvalue weighted by Gasteiger charge is 2.11. The van der Waals surface area contributed by atoms with Gasteiger partial charge in [-0.1, -0.05) is 11.8 Å². The Kier molecular flexibility index (Phi) is 5.70. The monoisotopic (exact) mass is 328 g/mol. The number of rotatable bonds is 7. The molecular weight excluding hydrogens is 314 g/mol. The number of halogens is 2. The molecule has 0 fully saturated rings. The van der Waals surface area contributed by atoms with Crippen molar-refractivity contribution in [2.24, 2.45) is 5.10 Å². The Bertz CT molecular complexity index is 649. The standard InChI is InChI=1S/C13H14F2N4O2S/c1-3-20-11-6-9(4-5-10(11)21-12(14)15)7-17-19-8-16-18-13(19)22-2/h4-8,12H,3H2,1-2H3. The molecule has 0 radical (unpaired) electrons. The molecule has 0 atom stereocenters. The first kappa shape index (κ1) is 16.2. The number of ether oxygens (including phenoxy) is 2. The quantitative estimate of drug-likeness (QED) is 0.578. The molecule has 0 amide bonds. The van der Waals surface area contributed by atoms with Gasteiger partial charge >= 0.3 is 6.61 Å². The molecule has 1 aromatic carbocycles. The fourth-order valence-electron chi connectivity index (χ4n) is 1.63. The Morgan fingerprint density at radius 3 is 2.91 bits per heavy atom. The van der Waals surface area contributed by atoms with E-state index in [9.17, 15) is 8.78 Å². The largest absolute Gasteiger partial charge is 0.490 e. The van der Waals surface area contributed by atoms with Crippen LogP contribution >= 0.6 is 11.8 Å². The van der Waals surface area contributed by atoms with E-state index in [4.69, 9.17) is 4.74 Å². The second-order valence-electron chi connectivity index (χ2n) is 3.92. The molecule has 0 unspecified atom stereocenters. The molecule has 0 aliphatic carbocycles. The van der Waals surface area contributed by atoms with Gasteiger partial charge in [0.2, 0.25) is 5.16 Å². The summed E-state index contributed by atoms with van der Waals surface area (Å²) in [7, 11) is 0. The zero-order chi connectivity index (χ0) is 15.9. The molecule has 0 saturated heterocycles. The molecule has 118 valence electrons. The van der Waals surface area contributed by atoms with Crippen LogP contribution < -0.4 is 9.47 Å². The van der Waals surface area contributed by atoms with Crippen molar-refractivity contribution in [1.82, 2.24) is 14.9 Å². The predicted octanol–water partition coefficient (Wildman–Crippen LogP) is 2.88. The molecule has 0 aliphatic heterocycles. The third-order valence-corrected chi connectivity index (χ3v) is 3.13. The Labute approximate surface area is 130 Å². The van der Waals surface area contributed by atoms with Gasteiger partial charge < -0.3 is 9.47 Å². The molecule has 2 aromatic rings. The van der Waals surface area contributed by atoms with Crippen molar-refractivity contribution >= 4 is 18.0 Å². The lowest BCUT2D eigenvalue weighted by Crippen LogP contribution is -2.05. The van der Waals surface area contributed by atoms with Crippen LogP contribution in [0.15, 0.2) is 34.8 Å².